The molecule has 0 unspecified atom stereocenters. The van der Waals surface area contributed by atoms with E-state index in [2.05, 4.69) is 0 Å². The summed E-state index contributed by atoms with van der Waals surface area (Å²) in [4.78, 5) is 24.2. The molecule has 0 aliphatic carbocycles. The van der Waals surface area contributed by atoms with Crippen LogP contribution in [0.5, 0.6) is 0 Å². The number of aryl methyl sites for hydroxylation is 1. The minimum atomic E-state index is -0.837. The lowest BCUT2D eigenvalue weighted by Gasteiger charge is -2.06. The lowest BCUT2D eigenvalue weighted by atomic mass is 10.0. The van der Waals surface area contributed by atoms with E-state index in [9.17, 15) is 9.59 Å². The number of ketones is 1. The van der Waals surface area contributed by atoms with Crippen LogP contribution < -0.4 is 0 Å². The van der Waals surface area contributed by atoms with Crippen LogP contribution in [0.15, 0.2) is 79.0 Å². The molecule has 150 valence electrons. The molecule has 0 aliphatic rings. The SMILES string of the molecule is O=C(O)CCc1ccc2c(c1)c(C(=O)Cc1ccc(Cl)cc1)cn2-c1ccccc1. The van der Waals surface area contributed by atoms with Crippen LogP contribution in [0, 0.1) is 0 Å². The molecule has 3 aromatic carbocycles. The molecule has 0 saturated heterocycles. The first-order valence-electron chi connectivity index (χ1n) is 9.70. The zero-order chi connectivity index (χ0) is 21.1. The number of nitrogens with zero attached hydrogens (tertiary/aromatic N) is 1. The van der Waals surface area contributed by atoms with Crippen molar-refractivity contribution in [2.75, 3.05) is 0 Å². The summed E-state index contributed by atoms with van der Waals surface area (Å²) in [6, 6.07) is 22.9. The van der Waals surface area contributed by atoms with Gasteiger partial charge in [-0.25, -0.2) is 0 Å². The number of halogens is 1. The van der Waals surface area contributed by atoms with Gasteiger partial charge in [0.2, 0.25) is 0 Å². The van der Waals surface area contributed by atoms with E-state index in [0.717, 1.165) is 27.7 Å². The van der Waals surface area contributed by atoms with Gasteiger partial charge < -0.3 is 9.67 Å². The Morgan fingerprint density at radius 2 is 1.60 bits per heavy atom. The van der Waals surface area contributed by atoms with E-state index in [1.54, 1.807) is 12.1 Å². The van der Waals surface area contributed by atoms with E-state index >= 15 is 0 Å². The van der Waals surface area contributed by atoms with Crippen LogP contribution in [0.2, 0.25) is 5.02 Å². The summed E-state index contributed by atoms with van der Waals surface area (Å²) >= 11 is 5.95. The second kappa shape index (κ2) is 8.56. The quantitative estimate of drug-likeness (QED) is 0.391. The monoisotopic (exact) mass is 417 g/mol. The number of benzene rings is 3. The lowest BCUT2D eigenvalue weighted by Crippen LogP contribution is -2.03. The van der Waals surface area contributed by atoms with Gasteiger partial charge >= 0.3 is 5.97 Å². The molecule has 0 spiro atoms. The zero-order valence-corrected chi connectivity index (χ0v) is 17.0. The molecule has 4 rings (SSSR count). The van der Waals surface area contributed by atoms with E-state index < -0.39 is 5.97 Å². The summed E-state index contributed by atoms with van der Waals surface area (Å²) in [5.41, 5.74) is 4.30. The average molecular weight is 418 g/mol. The average Bonchev–Trinajstić information content (AvgIpc) is 3.13. The summed E-state index contributed by atoms with van der Waals surface area (Å²) in [7, 11) is 0. The van der Waals surface area contributed by atoms with Crippen LogP contribution in [0.4, 0.5) is 0 Å². The summed E-state index contributed by atoms with van der Waals surface area (Å²) in [5.74, 6) is -0.830. The summed E-state index contributed by atoms with van der Waals surface area (Å²) < 4.78 is 2.01. The van der Waals surface area contributed by atoms with E-state index in [0.29, 0.717) is 17.0 Å². The molecule has 1 heterocycles. The van der Waals surface area contributed by atoms with Gasteiger partial charge in [-0.2, -0.15) is 0 Å². The first-order valence-corrected chi connectivity index (χ1v) is 10.1. The number of carbonyl (C=O) groups is 2. The highest BCUT2D eigenvalue weighted by Gasteiger charge is 2.17. The Kier molecular flexibility index (Phi) is 5.68. The maximum Gasteiger partial charge on any atom is 0.303 e. The van der Waals surface area contributed by atoms with E-state index in [1.807, 2.05) is 71.4 Å². The van der Waals surface area contributed by atoms with Crippen LogP contribution in [-0.4, -0.2) is 21.4 Å². The Hall–Kier alpha value is -3.37. The highest BCUT2D eigenvalue weighted by Crippen LogP contribution is 2.28. The Labute approximate surface area is 179 Å². The molecular formula is C25H20ClNO3. The van der Waals surface area contributed by atoms with Gasteiger partial charge in [0.25, 0.3) is 0 Å². The molecule has 0 aliphatic heterocycles. The number of hydrogen-bond acceptors (Lipinski definition) is 2. The van der Waals surface area contributed by atoms with Crippen LogP contribution in [0.3, 0.4) is 0 Å². The fourth-order valence-corrected chi connectivity index (χ4v) is 3.72. The predicted octanol–water partition coefficient (Wildman–Crippen LogP) is 5.73. The van der Waals surface area contributed by atoms with Crippen molar-refractivity contribution in [1.29, 1.82) is 0 Å². The molecule has 0 bridgehead atoms. The van der Waals surface area contributed by atoms with Crippen LogP contribution >= 0.6 is 11.6 Å². The minimum Gasteiger partial charge on any atom is -0.481 e. The molecule has 4 nitrogen and oxygen atoms in total. The molecule has 0 fully saturated rings. The van der Waals surface area contributed by atoms with Crippen molar-refractivity contribution in [3.05, 3.63) is 101 Å². The topological polar surface area (TPSA) is 59.3 Å². The van der Waals surface area contributed by atoms with Crippen molar-refractivity contribution >= 4 is 34.3 Å². The highest BCUT2D eigenvalue weighted by atomic mass is 35.5. The third kappa shape index (κ3) is 4.29. The van der Waals surface area contributed by atoms with Gasteiger partial charge in [0.1, 0.15) is 0 Å². The zero-order valence-electron chi connectivity index (χ0n) is 16.2. The lowest BCUT2D eigenvalue weighted by molar-refractivity contribution is -0.136. The Morgan fingerprint density at radius 3 is 2.30 bits per heavy atom. The molecule has 5 heteroatoms. The molecule has 0 amide bonds. The smallest absolute Gasteiger partial charge is 0.303 e. The maximum absolute atomic E-state index is 13.2. The molecule has 1 aromatic heterocycles. The second-order valence-electron chi connectivity index (χ2n) is 7.22. The van der Waals surface area contributed by atoms with Gasteiger partial charge in [-0.1, -0.05) is 48.0 Å². The van der Waals surface area contributed by atoms with E-state index in [1.165, 1.54) is 0 Å². The van der Waals surface area contributed by atoms with Crippen molar-refractivity contribution in [3.8, 4) is 5.69 Å². The van der Waals surface area contributed by atoms with Crippen molar-refractivity contribution in [3.63, 3.8) is 0 Å². The number of carboxylic acids is 1. The van der Waals surface area contributed by atoms with Gasteiger partial charge in [-0.3, -0.25) is 9.59 Å². The van der Waals surface area contributed by atoms with E-state index in [-0.39, 0.29) is 18.6 Å². The number of rotatable bonds is 7. The van der Waals surface area contributed by atoms with Gasteiger partial charge in [-0.15, -0.1) is 0 Å². The first-order chi connectivity index (χ1) is 14.5. The number of aliphatic carboxylic acids is 1. The van der Waals surface area contributed by atoms with Gasteiger partial charge in [0.15, 0.2) is 5.78 Å². The van der Waals surface area contributed by atoms with Crippen LogP contribution in [0.1, 0.15) is 27.9 Å². The maximum atomic E-state index is 13.2. The number of carbonyl (C=O) groups excluding carboxylic acids is 1. The van der Waals surface area contributed by atoms with Crippen LogP contribution in [-0.2, 0) is 17.6 Å². The Bertz CT molecular complexity index is 1210. The molecule has 4 aromatic rings. The minimum absolute atomic E-state index is 0.00684. The normalized spacial score (nSPS) is 11.0. The van der Waals surface area contributed by atoms with Crippen LogP contribution in [0.25, 0.3) is 16.6 Å². The van der Waals surface area contributed by atoms with Gasteiger partial charge in [0, 0.05) is 40.7 Å². The third-order valence-electron chi connectivity index (χ3n) is 5.11. The summed E-state index contributed by atoms with van der Waals surface area (Å²) in [6.45, 7) is 0. The fraction of sp³-hybridized carbons (Fsp3) is 0.120. The van der Waals surface area contributed by atoms with Crippen molar-refractivity contribution in [2.45, 2.75) is 19.3 Å². The largest absolute Gasteiger partial charge is 0.481 e. The fourth-order valence-electron chi connectivity index (χ4n) is 3.59. The van der Waals surface area contributed by atoms with Gasteiger partial charge in [-0.05, 0) is 53.9 Å². The number of Topliss-reactive ketones (excluding diaryl/α,β-unsaturated/α-hetero) is 1. The second-order valence-corrected chi connectivity index (χ2v) is 7.66. The summed E-state index contributed by atoms with van der Waals surface area (Å²) in [6.07, 6.45) is 2.62. The summed E-state index contributed by atoms with van der Waals surface area (Å²) in [5, 5.41) is 10.5. The first kappa shape index (κ1) is 19.9. The molecule has 1 N–H and O–H groups in total. The Morgan fingerprint density at radius 1 is 0.900 bits per heavy atom. The predicted molar refractivity (Wildman–Crippen MR) is 119 cm³/mol. The molecule has 0 atom stereocenters. The number of aromatic nitrogens is 1. The standard InChI is InChI=1S/C25H20ClNO3/c26-19-10-6-18(7-11-19)15-24(28)22-16-27(20-4-2-1-3-5-20)23-12-8-17(14-21(22)23)9-13-25(29)30/h1-8,10-12,14,16H,9,13,15H2,(H,29,30). The Balaban J connectivity index is 1.77. The molecular weight excluding hydrogens is 398 g/mol. The van der Waals surface area contributed by atoms with Gasteiger partial charge in [0.05, 0.1) is 5.52 Å². The number of hydrogen-bond donors (Lipinski definition) is 1. The molecule has 0 saturated carbocycles. The van der Waals surface area contributed by atoms with Crippen molar-refractivity contribution in [2.24, 2.45) is 0 Å². The number of fused-ring (bicyclic) bond motifs is 1. The highest BCUT2D eigenvalue weighted by molar-refractivity contribution is 6.30. The molecule has 30 heavy (non-hydrogen) atoms. The van der Waals surface area contributed by atoms with E-state index in [4.69, 9.17) is 16.7 Å². The number of carboxylic acid groups (broad SMARTS) is 1. The number of para-hydroxylation sites is 1. The van der Waals surface area contributed by atoms with Crippen molar-refractivity contribution < 1.29 is 14.7 Å². The van der Waals surface area contributed by atoms with Crippen molar-refractivity contribution in [1.82, 2.24) is 4.57 Å². The molecule has 0 radical (unpaired) electrons. The third-order valence-corrected chi connectivity index (χ3v) is 5.36.